The molecule has 0 atom stereocenters. The lowest BCUT2D eigenvalue weighted by atomic mass is 10.3. The molecule has 11 heavy (non-hydrogen) atoms. The van der Waals surface area contributed by atoms with E-state index in [2.05, 4.69) is 11.6 Å². The van der Waals surface area contributed by atoms with Gasteiger partial charge in [0.25, 0.3) is 0 Å². The fraction of sp³-hybridized carbons (Fsp3) is 0.500. The minimum absolute atomic E-state index is 0.991. The van der Waals surface area contributed by atoms with Crippen molar-refractivity contribution in [1.29, 1.82) is 0 Å². The third-order valence-corrected chi connectivity index (χ3v) is 1.07. The topological polar surface area (TPSA) is 0 Å². The third kappa shape index (κ3) is 2.02. The van der Waals surface area contributed by atoms with Gasteiger partial charge in [-0.05, 0) is 0 Å². The van der Waals surface area contributed by atoms with Gasteiger partial charge in [-0.1, -0.05) is 11.6 Å². The minimum atomic E-state index is -5.85. The summed E-state index contributed by atoms with van der Waals surface area (Å²) in [5.74, 6) is -5.30. The molecule has 0 fully saturated rings. The summed E-state index contributed by atoms with van der Waals surface area (Å²) >= 11 is 4.26. The molecule has 0 amide bonds. The summed E-state index contributed by atoms with van der Waals surface area (Å²) in [5.41, 5.74) is 0. The largest absolute Gasteiger partial charge is 0.459 e. The van der Waals surface area contributed by atoms with E-state index in [-0.39, 0.29) is 0 Å². The van der Waals surface area contributed by atoms with Gasteiger partial charge in [0.2, 0.25) is 0 Å². The van der Waals surface area contributed by atoms with Crippen molar-refractivity contribution >= 4 is 11.6 Å². The Morgan fingerprint density at radius 1 is 1.09 bits per heavy atom. The van der Waals surface area contributed by atoms with E-state index in [1.54, 1.807) is 0 Å². The second kappa shape index (κ2) is 2.92. The van der Waals surface area contributed by atoms with Crippen LogP contribution in [0.4, 0.5) is 26.3 Å². The normalized spacial score (nSPS) is 15.4. The van der Waals surface area contributed by atoms with Crippen molar-refractivity contribution in [1.82, 2.24) is 0 Å². The SMILES string of the molecule is FC=C(Cl)C(F)(F)C(F)(F)F. The minimum Gasteiger partial charge on any atom is -0.214 e. The molecule has 0 aromatic rings. The average molecular weight is 198 g/mol. The van der Waals surface area contributed by atoms with Gasteiger partial charge in [0, 0.05) is 0 Å². The van der Waals surface area contributed by atoms with E-state index < -0.39 is 23.5 Å². The van der Waals surface area contributed by atoms with Crippen LogP contribution < -0.4 is 0 Å². The van der Waals surface area contributed by atoms with E-state index >= 15 is 0 Å². The van der Waals surface area contributed by atoms with Crippen LogP contribution in [0.3, 0.4) is 0 Å². The van der Waals surface area contributed by atoms with E-state index in [1.807, 2.05) is 0 Å². The Balaban J connectivity index is 4.74. The van der Waals surface area contributed by atoms with E-state index in [9.17, 15) is 26.3 Å². The lowest BCUT2D eigenvalue weighted by Gasteiger charge is -2.17. The average Bonchev–Trinajstić information content (AvgIpc) is 1.83. The Morgan fingerprint density at radius 2 is 1.45 bits per heavy atom. The first-order valence-corrected chi connectivity index (χ1v) is 2.52. The molecular formula is C4HClF6. The van der Waals surface area contributed by atoms with Crippen molar-refractivity contribution in [2.75, 3.05) is 0 Å². The summed E-state index contributed by atoms with van der Waals surface area (Å²) in [6.45, 7) is 0. The van der Waals surface area contributed by atoms with Crippen LogP contribution in [-0.4, -0.2) is 12.1 Å². The lowest BCUT2D eigenvalue weighted by molar-refractivity contribution is -0.261. The molecule has 0 aromatic carbocycles. The standard InChI is InChI=1S/C4HClF6/c5-2(1-6)3(7,8)4(9,10)11/h1H. The molecule has 0 aliphatic heterocycles. The molecule has 0 saturated carbocycles. The van der Waals surface area contributed by atoms with E-state index in [0.29, 0.717) is 0 Å². The monoisotopic (exact) mass is 198 g/mol. The Labute approximate surface area is 62.4 Å². The lowest BCUT2D eigenvalue weighted by Crippen LogP contribution is -2.36. The molecule has 0 aliphatic carbocycles. The zero-order valence-corrected chi connectivity index (χ0v) is 5.48. The quantitative estimate of drug-likeness (QED) is 0.568. The van der Waals surface area contributed by atoms with Crippen LogP contribution in [0.25, 0.3) is 0 Å². The predicted molar refractivity (Wildman–Crippen MR) is 26.0 cm³/mol. The molecule has 0 heterocycles. The first-order chi connectivity index (χ1) is 4.73. The zero-order valence-electron chi connectivity index (χ0n) is 4.72. The summed E-state index contributed by atoms with van der Waals surface area (Å²) in [4.78, 5) is 0. The van der Waals surface area contributed by atoms with E-state index in [1.165, 1.54) is 0 Å². The van der Waals surface area contributed by atoms with Crippen molar-refractivity contribution in [2.45, 2.75) is 12.1 Å². The molecular weight excluding hydrogens is 197 g/mol. The van der Waals surface area contributed by atoms with Crippen LogP contribution in [0.15, 0.2) is 11.4 Å². The van der Waals surface area contributed by atoms with Gasteiger partial charge >= 0.3 is 12.1 Å². The zero-order chi connectivity index (χ0) is 9.28. The van der Waals surface area contributed by atoms with Gasteiger partial charge < -0.3 is 0 Å². The molecule has 0 rings (SSSR count). The summed E-state index contributed by atoms with van der Waals surface area (Å²) in [6, 6.07) is 0. The van der Waals surface area contributed by atoms with Gasteiger partial charge in [0.05, 0.1) is 0 Å². The van der Waals surface area contributed by atoms with Crippen LogP contribution in [-0.2, 0) is 0 Å². The van der Waals surface area contributed by atoms with Crippen molar-refractivity contribution < 1.29 is 26.3 Å². The molecule has 0 radical (unpaired) electrons. The molecule has 0 aliphatic rings. The summed E-state index contributed by atoms with van der Waals surface area (Å²) in [6.07, 6.45) is -6.85. The van der Waals surface area contributed by atoms with Crippen LogP contribution >= 0.6 is 11.6 Å². The van der Waals surface area contributed by atoms with E-state index in [0.717, 1.165) is 0 Å². The number of hydrogen-bond acceptors (Lipinski definition) is 0. The molecule has 66 valence electrons. The summed E-state index contributed by atoms with van der Waals surface area (Å²) in [5, 5.41) is -2.18. The molecule has 0 unspecified atom stereocenters. The maximum atomic E-state index is 11.8. The van der Waals surface area contributed by atoms with Gasteiger partial charge in [-0.25, -0.2) is 4.39 Å². The number of alkyl halides is 5. The summed E-state index contributed by atoms with van der Waals surface area (Å²) < 4.78 is 68.3. The third-order valence-electron chi connectivity index (χ3n) is 0.752. The highest BCUT2D eigenvalue weighted by Gasteiger charge is 2.60. The Morgan fingerprint density at radius 3 is 1.55 bits per heavy atom. The Hall–Kier alpha value is -0.390. The fourth-order valence-electron chi connectivity index (χ4n) is 0.204. The maximum Gasteiger partial charge on any atom is 0.459 e. The highest BCUT2D eigenvalue weighted by atomic mass is 35.5. The van der Waals surface area contributed by atoms with Crippen LogP contribution in [0, 0.1) is 0 Å². The fourth-order valence-corrected chi connectivity index (χ4v) is 0.311. The number of allylic oxidation sites excluding steroid dienone is 1. The van der Waals surface area contributed by atoms with E-state index in [4.69, 9.17) is 0 Å². The van der Waals surface area contributed by atoms with Gasteiger partial charge in [0.1, 0.15) is 11.4 Å². The molecule has 7 heteroatoms. The van der Waals surface area contributed by atoms with Crippen LogP contribution in [0.2, 0.25) is 0 Å². The smallest absolute Gasteiger partial charge is 0.214 e. The maximum absolute atomic E-state index is 11.8. The second-order valence-corrected chi connectivity index (χ2v) is 1.94. The number of hydrogen-bond donors (Lipinski definition) is 0. The first-order valence-electron chi connectivity index (χ1n) is 2.14. The van der Waals surface area contributed by atoms with Crippen molar-refractivity contribution in [3.63, 3.8) is 0 Å². The van der Waals surface area contributed by atoms with Crippen LogP contribution in [0.5, 0.6) is 0 Å². The van der Waals surface area contributed by atoms with Crippen molar-refractivity contribution in [3.8, 4) is 0 Å². The van der Waals surface area contributed by atoms with Crippen molar-refractivity contribution in [2.24, 2.45) is 0 Å². The Kier molecular flexibility index (Phi) is 2.82. The van der Waals surface area contributed by atoms with Crippen molar-refractivity contribution in [3.05, 3.63) is 11.4 Å². The van der Waals surface area contributed by atoms with Gasteiger partial charge in [-0.3, -0.25) is 0 Å². The molecule has 0 aromatic heterocycles. The number of rotatable bonds is 1. The van der Waals surface area contributed by atoms with Gasteiger partial charge in [-0.15, -0.1) is 0 Å². The first kappa shape index (κ1) is 10.6. The van der Waals surface area contributed by atoms with Crippen LogP contribution in [0.1, 0.15) is 0 Å². The van der Waals surface area contributed by atoms with Gasteiger partial charge in [0.15, 0.2) is 0 Å². The molecule has 0 N–H and O–H groups in total. The van der Waals surface area contributed by atoms with Gasteiger partial charge in [-0.2, -0.15) is 22.0 Å². The molecule has 0 bridgehead atoms. The number of halogens is 7. The highest BCUT2D eigenvalue weighted by Crippen LogP contribution is 2.42. The Bertz CT molecular complexity index is 168. The molecule has 0 nitrogen and oxygen atoms in total. The second-order valence-electron chi connectivity index (χ2n) is 1.53. The highest BCUT2D eigenvalue weighted by molar-refractivity contribution is 6.30. The molecule has 0 spiro atoms. The summed E-state index contributed by atoms with van der Waals surface area (Å²) in [7, 11) is 0. The predicted octanol–water partition coefficient (Wildman–Crippen LogP) is 3.23. The molecule has 0 saturated heterocycles.